The summed E-state index contributed by atoms with van der Waals surface area (Å²) >= 11 is 0. The highest BCUT2D eigenvalue weighted by Crippen LogP contribution is 2.28. The number of aromatic nitrogens is 2. The SMILES string of the molecule is COCCN1C[C@@H]2CC[C@H]1CN(C(=O)Cc1nonc1C)C2. The van der Waals surface area contributed by atoms with Crippen LogP contribution in [0.1, 0.15) is 24.2 Å². The molecule has 3 fully saturated rings. The van der Waals surface area contributed by atoms with Crippen molar-refractivity contribution in [2.24, 2.45) is 5.92 Å². The molecule has 1 aromatic rings. The van der Waals surface area contributed by atoms with Gasteiger partial charge >= 0.3 is 0 Å². The van der Waals surface area contributed by atoms with Gasteiger partial charge in [0.05, 0.1) is 13.0 Å². The molecular formula is C15H24N4O3. The van der Waals surface area contributed by atoms with E-state index in [4.69, 9.17) is 4.74 Å². The number of piperidine rings is 1. The van der Waals surface area contributed by atoms with Crippen molar-refractivity contribution in [3.05, 3.63) is 11.4 Å². The monoisotopic (exact) mass is 308 g/mol. The number of nitrogens with zero attached hydrogens (tertiary/aromatic N) is 4. The lowest BCUT2D eigenvalue weighted by Gasteiger charge is -2.35. The number of amides is 1. The van der Waals surface area contributed by atoms with Gasteiger partial charge in [-0.05, 0) is 25.7 Å². The zero-order chi connectivity index (χ0) is 15.5. The van der Waals surface area contributed by atoms with Gasteiger partial charge < -0.3 is 9.64 Å². The Kier molecular flexibility index (Phi) is 4.73. The Hall–Kier alpha value is -1.47. The summed E-state index contributed by atoms with van der Waals surface area (Å²) in [5.41, 5.74) is 1.35. The third-order valence-electron chi connectivity index (χ3n) is 4.83. The summed E-state index contributed by atoms with van der Waals surface area (Å²) in [4.78, 5) is 17.1. The lowest BCUT2D eigenvalue weighted by molar-refractivity contribution is -0.131. The number of ether oxygens (including phenoxy) is 1. The lowest BCUT2D eigenvalue weighted by atomic mass is 9.95. The molecule has 0 saturated carbocycles. The van der Waals surface area contributed by atoms with Crippen molar-refractivity contribution in [1.29, 1.82) is 0 Å². The van der Waals surface area contributed by atoms with Gasteiger partial charge in [0.25, 0.3) is 0 Å². The van der Waals surface area contributed by atoms with Gasteiger partial charge in [0, 0.05) is 39.3 Å². The Morgan fingerprint density at radius 3 is 2.91 bits per heavy atom. The molecule has 0 radical (unpaired) electrons. The van der Waals surface area contributed by atoms with E-state index in [1.54, 1.807) is 7.11 Å². The Morgan fingerprint density at radius 1 is 1.32 bits per heavy atom. The molecule has 3 aliphatic rings. The molecule has 0 aliphatic carbocycles. The first kappa shape index (κ1) is 15.4. The normalized spacial score (nSPS) is 25.5. The van der Waals surface area contributed by atoms with Crippen molar-refractivity contribution in [3.8, 4) is 0 Å². The molecule has 1 amide bonds. The quantitative estimate of drug-likeness (QED) is 0.788. The summed E-state index contributed by atoms with van der Waals surface area (Å²) in [5, 5.41) is 7.57. The highest BCUT2D eigenvalue weighted by molar-refractivity contribution is 5.78. The van der Waals surface area contributed by atoms with Gasteiger partial charge in [-0.15, -0.1) is 0 Å². The molecule has 2 atom stereocenters. The van der Waals surface area contributed by atoms with Crippen LogP contribution >= 0.6 is 0 Å². The Morgan fingerprint density at radius 2 is 2.18 bits per heavy atom. The zero-order valence-electron chi connectivity index (χ0n) is 13.3. The van der Waals surface area contributed by atoms with E-state index in [0.717, 1.165) is 32.8 Å². The number of carbonyl (C=O) groups is 1. The summed E-state index contributed by atoms with van der Waals surface area (Å²) < 4.78 is 9.88. The van der Waals surface area contributed by atoms with Crippen LogP contribution in [0.15, 0.2) is 4.63 Å². The molecule has 122 valence electrons. The Balaban J connectivity index is 1.63. The second-order valence-electron chi connectivity index (χ2n) is 6.36. The molecule has 3 saturated heterocycles. The molecule has 0 aromatic carbocycles. The Labute approximate surface area is 130 Å². The zero-order valence-corrected chi connectivity index (χ0v) is 13.3. The molecule has 7 heteroatoms. The van der Waals surface area contributed by atoms with Crippen LogP contribution in [-0.2, 0) is 16.0 Å². The van der Waals surface area contributed by atoms with Crippen molar-refractivity contribution in [1.82, 2.24) is 20.1 Å². The van der Waals surface area contributed by atoms with Crippen LogP contribution < -0.4 is 0 Å². The molecule has 1 aromatic heterocycles. The molecule has 4 heterocycles. The van der Waals surface area contributed by atoms with Gasteiger partial charge in [0.2, 0.25) is 5.91 Å². The van der Waals surface area contributed by atoms with E-state index in [-0.39, 0.29) is 12.3 Å². The number of fused-ring (bicyclic) bond motifs is 4. The van der Waals surface area contributed by atoms with Gasteiger partial charge in [-0.3, -0.25) is 9.69 Å². The number of hydrogen-bond acceptors (Lipinski definition) is 6. The molecule has 0 spiro atoms. The number of hydrogen-bond donors (Lipinski definition) is 0. The first-order valence-corrected chi connectivity index (χ1v) is 7.96. The van der Waals surface area contributed by atoms with Gasteiger partial charge in [-0.2, -0.15) is 0 Å². The molecule has 4 rings (SSSR count). The van der Waals surface area contributed by atoms with E-state index >= 15 is 0 Å². The molecule has 22 heavy (non-hydrogen) atoms. The number of rotatable bonds is 5. The highest BCUT2D eigenvalue weighted by atomic mass is 16.6. The van der Waals surface area contributed by atoms with E-state index in [1.165, 1.54) is 12.8 Å². The third kappa shape index (κ3) is 3.30. The largest absolute Gasteiger partial charge is 0.383 e. The number of methoxy groups -OCH3 is 1. The van der Waals surface area contributed by atoms with Gasteiger partial charge in [0.1, 0.15) is 11.4 Å². The van der Waals surface area contributed by atoms with Crippen molar-refractivity contribution < 1.29 is 14.2 Å². The van der Waals surface area contributed by atoms with Crippen LogP contribution in [0.25, 0.3) is 0 Å². The third-order valence-corrected chi connectivity index (χ3v) is 4.83. The average Bonchev–Trinajstić information content (AvgIpc) is 2.75. The minimum Gasteiger partial charge on any atom is -0.383 e. The van der Waals surface area contributed by atoms with Crippen LogP contribution in [-0.4, -0.2) is 72.0 Å². The van der Waals surface area contributed by atoms with E-state index < -0.39 is 0 Å². The van der Waals surface area contributed by atoms with E-state index in [2.05, 4.69) is 19.8 Å². The smallest absolute Gasteiger partial charge is 0.228 e. The summed E-state index contributed by atoms with van der Waals surface area (Å²) in [6.07, 6.45) is 2.66. The van der Waals surface area contributed by atoms with Crippen LogP contribution in [0, 0.1) is 12.8 Å². The van der Waals surface area contributed by atoms with E-state index in [9.17, 15) is 4.79 Å². The van der Waals surface area contributed by atoms with Crippen LogP contribution in [0.2, 0.25) is 0 Å². The summed E-state index contributed by atoms with van der Waals surface area (Å²) in [6, 6.07) is 0.453. The van der Waals surface area contributed by atoms with E-state index in [0.29, 0.717) is 23.3 Å². The van der Waals surface area contributed by atoms with Crippen molar-refractivity contribution in [2.45, 2.75) is 32.2 Å². The van der Waals surface area contributed by atoms with E-state index in [1.807, 2.05) is 11.8 Å². The molecule has 0 N–H and O–H groups in total. The van der Waals surface area contributed by atoms with Gasteiger partial charge in [-0.25, -0.2) is 4.63 Å². The van der Waals surface area contributed by atoms with Crippen LogP contribution in [0.5, 0.6) is 0 Å². The second kappa shape index (κ2) is 6.75. The topological polar surface area (TPSA) is 71.7 Å². The summed E-state index contributed by atoms with van der Waals surface area (Å²) in [5.74, 6) is 0.695. The lowest BCUT2D eigenvalue weighted by Crippen LogP contribution is -2.45. The van der Waals surface area contributed by atoms with Gasteiger partial charge in [0.15, 0.2) is 0 Å². The second-order valence-corrected chi connectivity index (χ2v) is 6.36. The maximum atomic E-state index is 12.6. The minimum absolute atomic E-state index is 0.129. The predicted molar refractivity (Wildman–Crippen MR) is 79.3 cm³/mol. The highest BCUT2D eigenvalue weighted by Gasteiger charge is 2.36. The fourth-order valence-corrected chi connectivity index (χ4v) is 3.53. The maximum Gasteiger partial charge on any atom is 0.228 e. The standard InChI is InChI=1S/C15H24N4O3/c1-11-14(17-22-16-11)7-15(20)19-9-12-3-4-13(10-19)18(8-12)5-6-21-2/h12-13H,3-10H2,1-2H3/t12-,13-/m0/s1. The molecule has 7 nitrogen and oxygen atoms in total. The molecule has 3 aliphatic heterocycles. The maximum absolute atomic E-state index is 12.6. The molecule has 0 unspecified atom stereocenters. The fourth-order valence-electron chi connectivity index (χ4n) is 3.53. The van der Waals surface area contributed by atoms with Crippen molar-refractivity contribution >= 4 is 5.91 Å². The van der Waals surface area contributed by atoms with Crippen LogP contribution in [0.4, 0.5) is 0 Å². The number of aryl methyl sites for hydroxylation is 1. The molecule has 2 bridgehead atoms. The summed E-state index contributed by atoms with van der Waals surface area (Å²) in [7, 11) is 1.74. The first-order chi connectivity index (χ1) is 10.7. The average molecular weight is 308 g/mol. The van der Waals surface area contributed by atoms with Crippen molar-refractivity contribution in [2.75, 3.05) is 39.9 Å². The Bertz CT molecular complexity index is 519. The predicted octanol–water partition coefficient (Wildman–Crippen LogP) is 0.490. The molecular weight excluding hydrogens is 284 g/mol. The number of carbonyl (C=O) groups excluding carboxylic acids is 1. The first-order valence-electron chi connectivity index (χ1n) is 7.96. The fraction of sp³-hybridized carbons (Fsp3) is 0.800. The summed E-state index contributed by atoms with van der Waals surface area (Å²) in [6.45, 7) is 6.25. The minimum atomic E-state index is 0.129. The van der Waals surface area contributed by atoms with Crippen LogP contribution in [0.3, 0.4) is 0 Å². The van der Waals surface area contributed by atoms with Crippen molar-refractivity contribution in [3.63, 3.8) is 0 Å². The van der Waals surface area contributed by atoms with Gasteiger partial charge in [-0.1, -0.05) is 10.3 Å².